The largest absolute Gasteiger partial charge is 0.379 e. The minimum absolute atomic E-state index is 0.0443. The number of nitrogens with zero attached hydrogens (tertiary/aromatic N) is 3. The third-order valence-electron chi connectivity index (χ3n) is 5.21. The van der Waals surface area contributed by atoms with Gasteiger partial charge in [0.25, 0.3) is 5.91 Å². The second-order valence-corrected chi connectivity index (χ2v) is 7.00. The molecule has 27 heavy (non-hydrogen) atoms. The van der Waals surface area contributed by atoms with Crippen LogP contribution in [0.4, 0.5) is 11.5 Å². The Morgan fingerprint density at radius 2 is 2.00 bits per heavy atom. The highest BCUT2D eigenvalue weighted by molar-refractivity contribution is 5.95. The van der Waals surface area contributed by atoms with Crippen molar-refractivity contribution in [1.29, 1.82) is 0 Å². The zero-order valence-electron chi connectivity index (χ0n) is 15.6. The number of hydrogen-bond donors (Lipinski definition) is 1. The molecule has 1 saturated heterocycles. The lowest BCUT2D eigenvalue weighted by Crippen LogP contribution is -2.41. The van der Waals surface area contributed by atoms with Crippen LogP contribution in [-0.2, 0) is 11.2 Å². The molecule has 1 fully saturated rings. The predicted octanol–water partition coefficient (Wildman–Crippen LogP) is 2.23. The standard InChI is InChI=1S/C21H26N4O2/c26-21(23-9-11-24-12-14-27-15-13-24)18-7-8-22-20(16-18)25-10-3-5-17-4-1-2-6-19(17)25/h1-2,4,6-8,16H,3,5,9-15H2,(H,23,26). The molecule has 0 spiro atoms. The quantitative estimate of drug-likeness (QED) is 0.879. The highest BCUT2D eigenvalue weighted by atomic mass is 16.5. The molecule has 1 amide bonds. The molecule has 0 aliphatic carbocycles. The van der Waals surface area contributed by atoms with Gasteiger partial charge in [0.1, 0.15) is 5.82 Å². The molecule has 2 aliphatic rings. The number of nitrogens with one attached hydrogen (secondary N) is 1. The normalized spacial score (nSPS) is 17.4. The van der Waals surface area contributed by atoms with Crippen LogP contribution in [0, 0.1) is 0 Å². The fourth-order valence-electron chi connectivity index (χ4n) is 3.73. The second-order valence-electron chi connectivity index (χ2n) is 7.00. The van der Waals surface area contributed by atoms with Crippen LogP contribution in [0.1, 0.15) is 22.3 Å². The van der Waals surface area contributed by atoms with E-state index in [1.165, 1.54) is 11.3 Å². The van der Waals surface area contributed by atoms with Crippen molar-refractivity contribution in [2.45, 2.75) is 12.8 Å². The first-order chi connectivity index (χ1) is 13.3. The molecule has 6 nitrogen and oxygen atoms in total. The molecule has 6 heteroatoms. The lowest BCUT2D eigenvalue weighted by atomic mass is 10.0. The Morgan fingerprint density at radius 1 is 1.15 bits per heavy atom. The highest BCUT2D eigenvalue weighted by Gasteiger charge is 2.19. The predicted molar refractivity (Wildman–Crippen MR) is 106 cm³/mol. The number of anilines is 2. The zero-order chi connectivity index (χ0) is 18.5. The lowest BCUT2D eigenvalue weighted by molar-refractivity contribution is 0.0383. The molecule has 0 unspecified atom stereocenters. The van der Waals surface area contributed by atoms with E-state index in [0.717, 1.165) is 58.1 Å². The third kappa shape index (κ3) is 4.28. The maximum atomic E-state index is 12.6. The number of carbonyl (C=O) groups is 1. The van der Waals surface area contributed by atoms with Crippen LogP contribution >= 0.6 is 0 Å². The van der Waals surface area contributed by atoms with E-state index in [4.69, 9.17) is 4.74 Å². The number of rotatable bonds is 5. The van der Waals surface area contributed by atoms with E-state index < -0.39 is 0 Å². The molecule has 2 aliphatic heterocycles. The Labute approximate surface area is 160 Å². The fraction of sp³-hybridized carbons (Fsp3) is 0.429. The summed E-state index contributed by atoms with van der Waals surface area (Å²) >= 11 is 0. The molecule has 0 saturated carbocycles. The van der Waals surface area contributed by atoms with E-state index in [2.05, 4.69) is 44.4 Å². The molecule has 142 valence electrons. The summed E-state index contributed by atoms with van der Waals surface area (Å²) in [5.41, 5.74) is 3.19. The maximum absolute atomic E-state index is 12.6. The van der Waals surface area contributed by atoms with Gasteiger partial charge >= 0.3 is 0 Å². The summed E-state index contributed by atoms with van der Waals surface area (Å²) < 4.78 is 5.35. The van der Waals surface area contributed by atoms with Crippen molar-refractivity contribution >= 4 is 17.4 Å². The summed E-state index contributed by atoms with van der Waals surface area (Å²) in [7, 11) is 0. The smallest absolute Gasteiger partial charge is 0.251 e. The first-order valence-electron chi connectivity index (χ1n) is 9.71. The summed E-state index contributed by atoms with van der Waals surface area (Å²) in [5, 5.41) is 3.03. The summed E-state index contributed by atoms with van der Waals surface area (Å²) in [6, 6.07) is 12.1. The van der Waals surface area contributed by atoms with Gasteiger partial charge in [-0.25, -0.2) is 4.98 Å². The summed E-state index contributed by atoms with van der Waals surface area (Å²) in [6.07, 6.45) is 3.91. The number of benzene rings is 1. The SMILES string of the molecule is O=C(NCCN1CCOCC1)c1ccnc(N2CCCc3ccccc32)c1. The Balaban J connectivity index is 1.41. The summed E-state index contributed by atoms with van der Waals surface area (Å²) in [6.45, 7) is 5.84. The number of morpholine rings is 1. The molecule has 0 bridgehead atoms. The van der Waals surface area contributed by atoms with E-state index in [1.807, 2.05) is 6.07 Å². The average Bonchev–Trinajstić information content (AvgIpc) is 2.74. The molecule has 0 radical (unpaired) electrons. The van der Waals surface area contributed by atoms with Crippen LogP contribution in [0.3, 0.4) is 0 Å². The molecule has 1 aromatic heterocycles. The van der Waals surface area contributed by atoms with Crippen molar-refractivity contribution in [3.63, 3.8) is 0 Å². The van der Waals surface area contributed by atoms with Crippen molar-refractivity contribution in [3.05, 3.63) is 53.7 Å². The maximum Gasteiger partial charge on any atom is 0.251 e. The van der Waals surface area contributed by atoms with Gasteiger partial charge in [0.2, 0.25) is 0 Å². The van der Waals surface area contributed by atoms with Gasteiger partial charge in [-0.3, -0.25) is 9.69 Å². The van der Waals surface area contributed by atoms with Crippen LogP contribution in [0.2, 0.25) is 0 Å². The number of para-hydroxylation sites is 1. The Kier molecular flexibility index (Phi) is 5.65. The van der Waals surface area contributed by atoms with Crippen LogP contribution in [-0.4, -0.2) is 61.7 Å². The molecule has 1 aromatic carbocycles. The van der Waals surface area contributed by atoms with E-state index in [0.29, 0.717) is 12.1 Å². The number of hydrogen-bond acceptors (Lipinski definition) is 5. The summed E-state index contributed by atoms with van der Waals surface area (Å²) in [4.78, 5) is 21.6. The van der Waals surface area contributed by atoms with E-state index in [-0.39, 0.29) is 5.91 Å². The molecule has 3 heterocycles. The van der Waals surface area contributed by atoms with Crippen molar-refractivity contribution in [2.75, 3.05) is 50.8 Å². The number of ether oxygens (including phenoxy) is 1. The monoisotopic (exact) mass is 366 g/mol. The van der Waals surface area contributed by atoms with Crippen LogP contribution in [0.5, 0.6) is 0 Å². The second kappa shape index (κ2) is 8.50. The van der Waals surface area contributed by atoms with Crippen LogP contribution < -0.4 is 10.2 Å². The number of aromatic nitrogens is 1. The Hall–Kier alpha value is -2.44. The van der Waals surface area contributed by atoms with Gasteiger partial charge in [-0.15, -0.1) is 0 Å². The number of carbonyl (C=O) groups excluding carboxylic acids is 1. The van der Waals surface area contributed by atoms with Crippen molar-refractivity contribution in [2.24, 2.45) is 0 Å². The molecule has 1 N–H and O–H groups in total. The van der Waals surface area contributed by atoms with Gasteiger partial charge in [-0.2, -0.15) is 0 Å². The number of aryl methyl sites for hydroxylation is 1. The Bertz CT molecular complexity index is 789. The zero-order valence-corrected chi connectivity index (χ0v) is 15.6. The third-order valence-corrected chi connectivity index (χ3v) is 5.21. The van der Waals surface area contributed by atoms with Crippen LogP contribution in [0.15, 0.2) is 42.6 Å². The molecular weight excluding hydrogens is 340 g/mol. The van der Waals surface area contributed by atoms with Crippen molar-refractivity contribution in [3.8, 4) is 0 Å². The van der Waals surface area contributed by atoms with Gasteiger partial charge in [0.15, 0.2) is 0 Å². The van der Waals surface area contributed by atoms with Crippen LogP contribution in [0.25, 0.3) is 0 Å². The molecular formula is C21H26N4O2. The van der Waals surface area contributed by atoms with Crippen molar-refractivity contribution in [1.82, 2.24) is 15.2 Å². The van der Waals surface area contributed by atoms with E-state index in [1.54, 1.807) is 12.3 Å². The minimum atomic E-state index is -0.0443. The van der Waals surface area contributed by atoms with Gasteiger partial charge in [-0.1, -0.05) is 18.2 Å². The average molecular weight is 366 g/mol. The number of amides is 1. The first-order valence-corrected chi connectivity index (χ1v) is 9.71. The van der Waals surface area contributed by atoms with Gasteiger partial charge < -0.3 is 15.0 Å². The van der Waals surface area contributed by atoms with E-state index in [9.17, 15) is 4.79 Å². The summed E-state index contributed by atoms with van der Waals surface area (Å²) in [5.74, 6) is 0.792. The molecule has 4 rings (SSSR count). The van der Waals surface area contributed by atoms with Crippen molar-refractivity contribution < 1.29 is 9.53 Å². The number of fused-ring (bicyclic) bond motifs is 1. The molecule has 0 atom stereocenters. The van der Waals surface area contributed by atoms with Gasteiger partial charge in [0, 0.05) is 50.2 Å². The highest BCUT2D eigenvalue weighted by Crippen LogP contribution is 2.32. The first kappa shape index (κ1) is 17.9. The number of pyridine rings is 1. The minimum Gasteiger partial charge on any atom is -0.379 e. The lowest BCUT2D eigenvalue weighted by Gasteiger charge is -2.30. The van der Waals surface area contributed by atoms with Gasteiger partial charge in [0.05, 0.1) is 13.2 Å². The molecule has 2 aromatic rings. The fourth-order valence-corrected chi connectivity index (χ4v) is 3.73. The van der Waals surface area contributed by atoms with Gasteiger partial charge in [-0.05, 0) is 36.6 Å². The topological polar surface area (TPSA) is 57.7 Å². The van der Waals surface area contributed by atoms with E-state index >= 15 is 0 Å². The Morgan fingerprint density at radius 3 is 2.89 bits per heavy atom.